The molecule has 2 aromatic heterocycles. The number of rotatable bonds is 8. The SMILES string of the molecule is CN(C)CCCCNCc1cn[nH]c1-c1cccnc1. The van der Waals surface area contributed by atoms with Gasteiger partial charge < -0.3 is 10.2 Å². The quantitative estimate of drug-likeness (QED) is 0.721. The molecule has 108 valence electrons. The van der Waals surface area contributed by atoms with Gasteiger partial charge in [0.05, 0.1) is 11.9 Å². The molecule has 0 bridgehead atoms. The van der Waals surface area contributed by atoms with Crippen molar-refractivity contribution in [1.29, 1.82) is 0 Å². The molecular formula is C15H23N5. The molecule has 0 aromatic carbocycles. The molecule has 0 saturated carbocycles. The topological polar surface area (TPSA) is 56.8 Å². The van der Waals surface area contributed by atoms with Crippen molar-refractivity contribution in [2.24, 2.45) is 0 Å². The van der Waals surface area contributed by atoms with Crippen LogP contribution in [0.2, 0.25) is 0 Å². The van der Waals surface area contributed by atoms with Crippen molar-refractivity contribution in [3.63, 3.8) is 0 Å². The summed E-state index contributed by atoms with van der Waals surface area (Å²) in [6, 6.07) is 3.98. The molecule has 5 nitrogen and oxygen atoms in total. The number of pyridine rings is 1. The summed E-state index contributed by atoms with van der Waals surface area (Å²) in [5.74, 6) is 0. The van der Waals surface area contributed by atoms with Crippen LogP contribution in [0.1, 0.15) is 18.4 Å². The summed E-state index contributed by atoms with van der Waals surface area (Å²) in [7, 11) is 4.22. The first kappa shape index (κ1) is 14.7. The van der Waals surface area contributed by atoms with Crippen LogP contribution in [0.25, 0.3) is 11.3 Å². The number of nitrogens with one attached hydrogen (secondary N) is 2. The number of aromatic amines is 1. The smallest absolute Gasteiger partial charge is 0.0710 e. The van der Waals surface area contributed by atoms with Crippen LogP contribution in [-0.4, -0.2) is 47.3 Å². The highest BCUT2D eigenvalue weighted by Crippen LogP contribution is 2.19. The zero-order valence-electron chi connectivity index (χ0n) is 12.3. The van der Waals surface area contributed by atoms with Crippen molar-refractivity contribution in [3.8, 4) is 11.3 Å². The molecular weight excluding hydrogens is 250 g/mol. The van der Waals surface area contributed by atoms with Gasteiger partial charge in [-0.3, -0.25) is 10.1 Å². The molecule has 0 spiro atoms. The zero-order chi connectivity index (χ0) is 14.2. The van der Waals surface area contributed by atoms with Gasteiger partial charge in [0, 0.05) is 30.1 Å². The normalized spacial score (nSPS) is 11.2. The molecule has 0 unspecified atom stereocenters. The molecule has 0 aliphatic carbocycles. The first-order valence-electron chi connectivity index (χ1n) is 7.05. The van der Waals surface area contributed by atoms with E-state index in [1.807, 2.05) is 24.5 Å². The Kier molecular flexibility index (Phi) is 5.70. The standard InChI is InChI=1S/C15H23N5/c1-20(2)9-4-3-7-16-11-14-12-18-19-15(14)13-6-5-8-17-10-13/h5-6,8,10,12,16H,3-4,7,9,11H2,1-2H3,(H,18,19). The van der Waals surface area contributed by atoms with Crippen LogP contribution in [0.4, 0.5) is 0 Å². The monoisotopic (exact) mass is 273 g/mol. The second-order valence-corrected chi connectivity index (χ2v) is 5.20. The highest BCUT2D eigenvalue weighted by molar-refractivity contribution is 5.61. The van der Waals surface area contributed by atoms with E-state index in [0.717, 1.165) is 30.9 Å². The van der Waals surface area contributed by atoms with Crippen molar-refractivity contribution in [3.05, 3.63) is 36.3 Å². The molecule has 0 aliphatic rings. The lowest BCUT2D eigenvalue weighted by Crippen LogP contribution is -2.18. The summed E-state index contributed by atoms with van der Waals surface area (Å²) >= 11 is 0. The maximum atomic E-state index is 4.15. The van der Waals surface area contributed by atoms with Crippen LogP contribution in [-0.2, 0) is 6.54 Å². The Labute approximate surface area is 120 Å². The fourth-order valence-electron chi connectivity index (χ4n) is 2.11. The third-order valence-corrected chi connectivity index (χ3v) is 3.19. The third-order valence-electron chi connectivity index (χ3n) is 3.19. The molecule has 2 aromatic rings. The Hall–Kier alpha value is -1.72. The number of hydrogen-bond donors (Lipinski definition) is 2. The summed E-state index contributed by atoms with van der Waals surface area (Å²) in [4.78, 5) is 6.37. The van der Waals surface area contributed by atoms with E-state index in [1.54, 1.807) is 6.20 Å². The average Bonchev–Trinajstić information content (AvgIpc) is 2.92. The number of H-pyrrole nitrogens is 1. The molecule has 20 heavy (non-hydrogen) atoms. The summed E-state index contributed by atoms with van der Waals surface area (Å²) in [6.07, 6.45) is 7.94. The average molecular weight is 273 g/mol. The van der Waals surface area contributed by atoms with E-state index in [2.05, 4.69) is 39.5 Å². The van der Waals surface area contributed by atoms with E-state index in [0.29, 0.717) is 0 Å². The largest absolute Gasteiger partial charge is 0.313 e. The van der Waals surface area contributed by atoms with Gasteiger partial charge in [0.1, 0.15) is 0 Å². The second kappa shape index (κ2) is 7.77. The molecule has 0 amide bonds. The van der Waals surface area contributed by atoms with Crippen LogP contribution in [0, 0.1) is 0 Å². The van der Waals surface area contributed by atoms with Gasteiger partial charge in [-0.25, -0.2) is 0 Å². The minimum Gasteiger partial charge on any atom is -0.313 e. The lowest BCUT2D eigenvalue weighted by molar-refractivity contribution is 0.391. The Bertz CT molecular complexity index is 492. The Morgan fingerprint density at radius 1 is 1.25 bits per heavy atom. The number of nitrogens with zero attached hydrogens (tertiary/aromatic N) is 3. The minimum atomic E-state index is 0.836. The predicted molar refractivity (Wildman–Crippen MR) is 81.3 cm³/mol. The van der Waals surface area contributed by atoms with E-state index in [4.69, 9.17) is 0 Å². The summed E-state index contributed by atoms with van der Waals surface area (Å²) < 4.78 is 0. The first-order valence-corrected chi connectivity index (χ1v) is 7.05. The summed E-state index contributed by atoms with van der Waals surface area (Å²) in [5, 5.41) is 10.7. The molecule has 2 rings (SSSR count). The number of aromatic nitrogens is 3. The van der Waals surface area contributed by atoms with Crippen LogP contribution in [0.3, 0.4) is 0 Å². The molecule has 0 aliphatic heterocycles. The predicted octanol–water partition coefficient (Wildman–Crippen LogP) is 1.90. The Balaban J connectivity index is 1.78. The Morgan fingerprint density at radius 2 is 2.15 bits per heavy atom. The highest BCUT2D eigenvalue weighted by atomic mass is 15.1. The van der Waals surface area contributed by atoms with E-state index in [1.165, 1.54) is 18.4 Å². The summed E-state index contributed by atoms with van der Waals surface area (Å²) in [6.45, 7) is 3.02. The number of unbranched alkanes of at least 4 members (excludes halogenated alkanes) is 1. The van der Waals surface area contributed by atoms with Gasteiger partial charge in [0.2, 0.25) is 0 Å². The molecule has 0 atom stereocenters. The molecule has 0 saturated heterocycles. The fraction of sp³-hybridized carbons (Fsp3) is 0.467. The van der Waals surface area contributed by atoms with Gasteiger partial charge in [0.15, 0.2) is 0 Å². The molecule has 5 heteroatoms. The molecule has 2 heterocycles. The molecule has 2 N–H and O–H groups in total. The van der Waals surface area contributed by atoms with Crippen LogP contribution >= 0.6 is 0 Å². The van der Waals surface area contributed by atoms with Gasteiger partial charge >= 0.3 is 0 Å². The van der Waals surface area contributed by atoms with Gasteiger partial charge in [-0.05, 0) is 52.2 Å². The lowest BCUT2D eigenvalue weighted by Gasteiger charge is -2.09. The van der Waals surface area contributed by atoms with Crippen molar-refractivity contribution >= 4 is 0 Å². The molecule has 0 radical (unpaired) electrons. The fourth-order valence-corrected chi connectivity index (χ4v) is 2.11. The van der Waals surface area contributed by atoms with E-state index >= 15 is 0 Å². The maximum absolute atomic E-state index is 4.15. The minimum absolute atomic E-state index is 0.836. The van der Waals surface area contributed by atoms with E-state index in [-0.39, 0.29) is 0 Å². The van der Waals surface area contributed by atoms with Crippen LogP contribution in [0.5, 0.6) is 0 Å². The highest BCUT2D eigenvalue weighted by Gasteiger charge is 2.06. The van der Waals surface area contributed by atoms with E-state index < -0.39 is 0 Å². The van der Waals surface area contributed by atoms with Crippen molar-refractivity contribution in [2.45, 2.75) is 19.4 Å². The third kappa shape index (κ3) is 4.43. The van der Waals surface area contributed by atoms with Crippen molar-refractivity contribution in [1.82, 2.24) is 25.4 Å². The summed E-state index contributed by atoms with van der Waals surface area (Å²) in [5.41, 5.74) is 3.32. The van der Waals surface area contributed by atoms with Crippen LogP contribution < -0.4 is 5.32 Å². The van der Waals surface area contributed by atoms with Crippen molar-refractivity contribution < 1.29 is 0 Å². The van der Waals surface area contributed by atoms with Gasteiger partial charge in [-0.2, -0.15) is 5.10 Å². The van der Waals surface area contributed by atoms with Gasteiger partial charge in [0.25, 0.3) is 0 Å². The lowest BCUT2D eigenvalue weighted by atomic mass is 10.1. The Morgan fingerprint density at radius 3 is 2.90 bits per heavy atom. The zero-order valence-corrected chi connectivity index (χ0v) is 12.3. The second-order valence-electron chi connectivity index (χ2n) is 5.20. The van der Waals surface area contributed by atoms with Gasteiger partial charge in [-0.15, -0.1) is 0 Å². The van der Waals surface area contributed by atoms with E-state index in [9.17, 15) is 0 Å². The van der Waals surface area contributed by atoms with Crippen molar-refractivity contribution in [2.75, 3.05) is 27.2 Å². The maximum Gasteiger partial charge on any atom is 0.0710 e. The van der Waals surface area contributed by atoms with Crippen LogP contribution in [0.15, 0.2) is 30.7 Å². The first-order chi connectivity index (χ1) is 9.77. The molecule has 0 fully saturated rings. The van der Waals surface area contributed by atoms with Gasteiger partial charge in [-0.1, -0.05) is 0 Å². The number of hydrogen-bond acceptors (Lipinski definition) is 4.